The van der Waals surface area contributed by atoms with Gasteiger partial charge in [0, 0.05) is 23.6 Å². The monoisotopic (exact) mass is 326 g/mol. The predicted molar refractivity (Wildman–Crippen MR) is 97.6 cm³/mol. The molecule has 2 aromatic rings. The molecule has 4 N–H and O–H groups in total. The summed E-state index contributed by atoms with van der Waals surface area (Å²) in [4.78, 5) is 23.8. The maximum Gasteiger partial charge on any atom is 0.323 e. The fourth-order valence-electron chi connectivity index (χ4n) is 2.05. The lowest BCUT2D eigenvalue weighted by Crippen LogP contribution is -2.29. The normalized spacial score (nSPS) is 9.92. The van der Waals surface area contributed by atoms with Crippen molar-refractivity contribution in [3.05, 3.63) is 54.1 Å². The van der Waals surface area contributed by atoms with Gasteiger partial charge in [-0.25, -0.2) is 9.59 Å². The van der Waals surface area contributed by atoms with E-state index in [0.29, 0.717) is 23.6 Å². The van der Waals surface area contributed by atoms with Gasteiger partial charge < -0.3 is 21.3 Å². The zero-order valence-electron chi connectivity index (χ0n) is 13.8. The third kappa shape index (κ3) is 5.31. The number of carbonyl (C=O) groups is 2. The van der Waals surface area contributed by atoms with Crippen LogP contribution in [0.1, 0.15) is 18.9 Å². The first-order chi connectivity index (χ1) is 11.6. The fourth-order valence-corrected chi connectivity index (χ4v) is 2.05. The molecular weight excluding hydrogens is 304 g/mol. The highest BCUT2D eigenvalue weighted by Crippen LogP contribution is 2.20. The van der Waals surface area contributed by atoms with E-state index in [4.69, 9.17) is 0 Å². The van der Waals surface area contributed by atoms with E-state index in [0.717, 1.165) is 12.0 Å². The van der Waals surface area contributed by atoms with Gasteiger partial charge in [0.2, 0.25) is 0 Å². The second-order valence-electron chi connectivity index (χ2n) is 5.36. The summed E-state index contributed by atoms with van der Waals surface area (Å²) in [6.45, 7) is 4.49. The molecule has 2 aromatic carbocycles. The van der Waals surface area contributed by atoms with Crippen molar-refractivity contribution >= 4 is 29.1 Å². The molecule has 126 valence electrons. The van der Waals surface area contributed by atoms with Gasteiger partial charge in [0.1, 0.15) is 0 Å². The molecular formula is C18H22N4O2. The van der Waals surface area contributed by atoms with Crippen LogP contribution in [-0.4, -0.2) is 18.6 Å². The average Bonchev–Trinajstić information content (AvgIpc) is 2.57. The van der Waals surface area contributed by atoms with Gasteiger partial charge in [-0.3, -0.25) is 0 Å². The molecule has 0 aromatic heterocycles. The number of hydrogen-bond donors (Lipinski definition) is 4. The number of nitrogens with one attached hydrogen (secondary N) is 4. The molecule has 4 amide bonds. The number of rotatable bonds is 5. The third-order valence-electron chi connectivity index (χ3n) is 3.31. The van der Waals surface area contributed by atoms with E-state index >= 15 is 0 Å². The highest BCUT2D eigenvalue weighted by molar-refractivity contribution is 6.00. The number of anilines is 3. The number of para-hydroxylation sites is 1. The molecule has 0 bridgehead atoms. The first kappa shape index (κ1) is 17.3. The fraction of sp³-hybridized carbons (Fsp3) is 0.222. The molecule has 0 saturated heterocycles. The summed E-state index contributed by atoms with van der Waals surface area (Å²) in [6.07, 6.45) is 0.869. The molecule has 0 fully saturated rings. The van der Waals surface area contributed by atoms with Crippen molar-refractivity contribution in [3.8, 4) is 0 Å². The summed E-state index contributed by atoms with van der Waals surface area (Å²) in [7, 11) is 0. The number of urea groups is 2. The molecule has 0 aliphatic carbocycles. The second kappa shape index (κ2) is 8.57. The number of amides is 4. The minimum Gasteiger partial charge on any atom is -0.338 e. The molecule has 0 aliphatic heterocycles. The van der Waals surface area contributed by atoms with Crippen molar-refractivity contribution < 1.29 is 9.59 Å². The highest BCUT2D eigenvalue weighted by Gasteiger charge is 2.07. The Hall–Kier alpha value is -3.02. The van der Waals surface area contributed by atoms with Crippen LogP contribution in [0, 0.1) is 6.92 Å². The molecule has 2 rings (SSSR count). The molecule has 0 spiro atoms. The van der Waals surface area contributed by atoms with Gasteiger partial charge in [-0.2, -0.15) is 0 Å². The number of hydrogen-bond acceptors (Lipinski definition) is 2. The Kier molecular flexibility index (Phi) is 6.19. The van der Waals surface area contributed by atoms with Crippen molar-refractivity contribution in [2.24, 2.45) is 0 Å². The van der Waals surface area contributed by atoms with Gasteiger partial charge in [-0.05, 0) is 43.2 Å². The highest BCUT2D eigenvalue weighted by atomic mass is 16.2. The Labute approximate surface area is 141 Å². The van der Waals surface area contributed by atoms with Crippen LogP contribution in [0.15, 0.2) is 48.5 Å². The lowest BCUT2D eigenvalue weighted by Gasteiger charge is -2.12. The summed E-state index contributed by atoms with van der Waals surface area (Å²) < 4.78 is 0. The molecule has 0 saturated carbocycles. The van der Waals surface area contributed by atoms with Crippen molar-refractivity contribution in [2.75, 3.05) is 22.5 Å². The van der Waals surface area contributed by atoms with Crippen LogP contribution in [0.5, 0.6) is 0 Å². The minimum absolute atomic E-state index is 0.258. The molecule has 6 heteroatoms. The summed E-state index contributed by atoms with van der Waals surface area (Å²) in [5.74, 6) is 0. The van der Waals surface area contributed by atoms with E-state index in [1.54, 1.807) is 24.3 Å². The van der Waals surface area contributed by atoms with Gasteiger partial charge in [-0.1, -0.05) is 31.2 Å². The molecule has 24 heavy (non-hydrogen) atoms. The maximum atomic E-state index is 12.0. The van der Waals surface area contributed by atoms with Crippen molar-refractivity contribution in [2.45, 2.75) is 20.3 Å². The Morgan fingerprint density at radius 3 is 2.29 bits per heavy atom. The lowest BCUT2D eigenvalue weighted by atomic mass is 10.2. The van der Waals surface area contributed by atoms with Crippen LogP contribution >= 0.6 is 0 Å². The van der Waals surface area contributed by atoms with E-state index in [1.165, 1.54) is 0 Å². The Morgan fingerprint density at radius 2 is 1.58 bits per heavy atom. The summed E-state index contributed by atoms with van der Waals surface area (Å²) >= 11 is 0. The molecule has 0 heterocycles. The summed E-state index contributed by atoms with van der Waals surface area (Å²) in [6, 6.07) is 13.9. The molecule has 6 nitrogen and oxygen atoms in total. The van der Waals surface area contributed by atoms with E-state index < -0.39 is 0 Å². The Balaban J connectivity index is 1.99. The van der Waals surface area contributed by atoms with E-state index in [1.807, 2.05) is 38.1 Å². The zero-order valence-corrected chi connectivity index (χ0v) is 13.8. The molecule has 0 unspecified atom stereocenters. The van der Waals surface area contributed by atoms with Crippen molar-refractivity contribution in [1.82, 2.24) is 5.32 Å². The standard InChI is InChI=1S/C18H22N4O2/c1-3-11-19-17(23)22-16-12-15(10-9-13(16)2)21-18(24)20-14-7-5-4-6-8-14/h4-10,12H,3,11H2,1-2H3,(H2,19,22,23)(H2,20,21,24). The van der Waals surface area contributed by atoms with E-state index in [2.05, 4.69) is 21.3 Å². The largest absolute Gasteiger partial charge is 0.338 e. The smallest absolute Gasteiger partial charge is 0.323 e. The van der Waals surface area contributed by atoms with Crippen molar-refractivity contribution in [3.63, 3.8) is 0 Å². The van der Waals surface area contributed by atoms with Gasteiger partial charge in [0.15, 0.2) is 0 Å². The Morgan fingerprint density at radius 1 is 0.875 bits per heavy atom. The first-order valence-corrected chi connectivity index (χ1v) is 7.87. The van der Waals surface area contributed by atoms with Crippen molar-refractivity contribution in [1.29, 1.82) is 0 Å². The zero-order chi connectivity index (χ0) is 17.4. The van der Waals surface area contributed by atoms with Crippen LogP contribution in [0.3, 0.4) is 0 Å². The average molecular weight is 326 g/mol. The number of carbonyl (C=O) groups excluding carboxylic acids is 2. The lowest BCUT2D eigenvalue weighted by molar-refractivity contribution is 0.252. The SMILES string of the molecule is CCCNC(=O)Nc1cc(NC(=O)Nc2ccccc2)ccc1C. The van der Waals surface area contributed by atoms with Gasteiger partial charge in [0.25, 0.3) is 0 Å². The van der Waals surface area contributed by atoms with Gasteiger partial charge in [-0.15, -0.1) is 0 Å². The second-order valence-corrected chi connectivity index (χ2v) is 5.36. The van der Waals surface area contributed by atoms with E-state index in [-0.39, 0.29) is 12.1 Å². The quantitative estimate of drug-likeness (QED) is 0.665. The number of aryl methyl sites for hydroxylation is 1. The third-order valence-corrected chi connectivity index (χ3v) is 3.31. The first-order valence-electron chi connectivity index (χ1n) is 7.87. The maximum absolute atomic E-state index is 12.0. The van der Waals surface area contributed by atoms with Gasteiger partial charge in [0.05, 0.1) is 0 Å². The van der Waals surface area contributed by atoms with E-state index in [9.17, 15) is 9.59 Å². The summed E-state index contributed by atoms with van der Waals surface area (Å²) in [5, 5.41) is 11.0. The minimum atomic E-state index is -0.341. The molecule has 0 atom stereocenters. The summed E-state index contributed by atoms with van der Waals surface area (Å²) in [5.41, 5.74) is 2.87. The van der Waals surface area contributed by atoms with Crippen LogP contribution in [0.25, 0.3) is 0 Å². The molecule has 0 aliphatic rings. The van der Waals surface area contributed by atoms with Crippen LogP contribution < -0.4 is 21.3 Å². The van der Waals surface area contributed by atoms with Crippen LogP contribution in [0.4, 0.5) is 26.7 Å². The topological polar surface area (TPSA) is 82.3 Å². The molecule has 0 radical (unpaired) electrons. The van der Waals surface area contributed by atoms with Crippen LogP contribution in [-0.2, 0) is 0 Å². The Bertz CT molecular complexity index is 701. The van der Waals surface area contributed by atoms with Gasteiger partial charge >= 0.3 is 12.1 Å². The number of benzene rings is 2. The predicted octanol–water partition coefficient (Wildman–Crippen LogP) is 4.17. The van der Waals surface area contributed by atoms with Crippen LogP contribution in [0.2, 0.25) is 0 Å².